The van der Waals surface area contributed by atoms with Crippen LogP contribution in [0.2, 0.25) is 0 Å². The Morgan fingerprint density at radius 2 is 1.83 bits per heavy atom. The summed E-state index contributed by atoms with van der Waals surface area (Å²) in [6, 6.07) is 8.32. The first-order chi connectivity index (χ1) is 23.0. The van der Waals surface area contributed by atoms with Crippen molar-refractivity contribution in [3.8, 4) is 17.3 Å². The van der Waals surface area contributed by atoms with Crippen LogP contribution >= 0.6 is 0 Å². The zero-order chi connectivity index (χ0) is 34.1. The van der Waals surface area contributed by atoms with Gasteiger partial charge in [0.1, 0.15) is 17.7 Å². The van der Waals surface area contributed by atoms with E-state index in [4.69, 9.17) is 4.74 Å². The number of nitrogens with zero attached hydrogens (tertiary/aromatic N) is 6. The summed E-state index contributed by atoms with van der Waals surface area (Å²) in [6.07, 6.45) is 5.46. The summed E-state index contributed by atoms with van der Waals surface area (Å²) in [4.78, 5) is 65.3. The fourth-order valence-electron chi connectivity index (χ4n) is 6.07. The van der Waals surface area contributed by atoms with Gasteiger partial charge in [-0.1, -0.05) is 0 Å². The van der Waals surface area contributed by atoms with Gasteiger partial charge in [-0.2, -0.15) is 0 Å². The van der Waals surface area contributed by atoms with Crippen molar-refractivity contribution in [1.29, 1.82) is 0 Å². The highest BCUT2D eigenvalue weighted by atomic mass is 19.1. The van der Waals surface area contributed by atoms with Crippen molar-refractivity contribution in [3.05, 3.63) is 104 Å². The van der Waals surface area contributed by atoms with Gasteiger partial charge in [-0.05, 0) is 83.1 Å². The average molecular weight is 660 g/mol. The molecule has 0 radical (unpaired) electrons. The number of carbonyl (C=O) groups excluding carboxylic acids is 2. The van der Waals surface area contributed by atoms with E-state index in [-0.39, 0.29) is 40.5 Å². The smallest absolute Gasteiger partial charge is 0.335 e. The van der Waals surface area contributed by atoms with E-state index in [1.54, 1.807) is 18.7 Å². The predicted molar refractivity (Wildman–Crippen MR) is 172 cm³/mol. The summed E-state index contributed by atoms with van der Waals surface area (Å²) in [5.41, 5.74) is -0.539. The van der Waals surface area contributed by atoms with Crippen LogP contribution in [0, 0.1) is 11.6 Å². The Kier molecular flexibility index (Phi) is 9.18. The van der Waals surface area contributed by atoms with Crippen molar-refractivity contribution in [2.24, 2.45) is 0 Å². The Hall–Kier alpha value is -5.24. The van der Waals surface area contributed by atoms with Crippen LogP contribution in [-0.2, 0) is 17.8 Å². The highest BCUT2D eigenvalue weighted by molar-refractivity contribution is 6.03. The molecule has 0 bridgehead atoms. The lowest BCUT2D eigenvalue weighted by atomic mass is 10.0. The maximum absolute atomic E-state index is 15.3. The summed E-state index contributed by atoms with van der Waals surface area (Å²) in [7, 11) is 2.04. The summed E-state index contributed by atoms with van der Waals surface area (Å²) in [5, 5.41) is 2.51. The monoisotopic (exact) mass is 659 g/mol. The minimum atomic E-state index is -0.916. The molecule has 14 heteroatoms. The van der Waals surface area contributed by atoms with Gasteiger partial charge < -0.3 is 19.9 Å². The average Bonchev–Trinajstić information content (AvgIpc) is 3.46. The van der Waals surface area contributed by atoms with Gasteiger partial charge in [-0.15, -0.1) is 0 Å². The van der Waals surface area contributed by atoms with Crippen LogP contribution in [-0.4, -0.2) is 66.9 Å². The number of benzene rings is 2. The van der Waals surface area contributed by atoms with E-state index in [2.05, 4.69) is 20.2 Å². The van der Waals surface area contributed by atoms with Gasteiger partial charge >= 0.3 is 5.69 Å². The Bertz CT molecular complexity index is 1990. The topological polar surface area (TPSA) is 132 Å². The van der Waals surface area contributed by atoms with Crippen molar-refractivity contribution >= 4 is 17.5 Å². The molecule has 4 heterocycles. The number of fused-ring (bicyclic) bond motifs is 1. The zero-order valence-electron chi connectivity index (χ0n) is 26.8. The molecule has 0 aliphatic carbocycles. The van der Waals surface area contributed by atoms with Gasteiger partial charge in [0.25, 0.3) is 11.5 Å². The van der Waals surface area contributed by atoms with E-state index in [0.717, 1.165) is 48.3 Å². The molecule has 2 aromatic heterocycles. The lowest BCUT2D eigenvalue weighted by Gasteiger charge is -2.30. The van der Waals surface area contributed by atoms with Crippen LogP contribution in [0.3, 0.4) is 0 Å². The molecule has 1 fully saturated rings. The first kappa shape index (κ1) is 32.7. The third kappa shape index (κ3) is 6.61. The summed E-state index contributed by atoms with van der Waals surface area (Å²) >= 11 is 0. The molecule has 2 aromatic carbocycles. The number of anilines is 1. The molecule has 250 valence electrons. The number of rotatable bonds is 8. The minimum Gasteiger partial charge on any atom is -0.436 e. The van der Waals surface area contributed by atoms with Crippen molar-refractivity contribution < 1.29 is 23.1 Å². The molecule has 1 atom stereocenters. The van der Waals surface area contributed by atoms with E-state index in [1.165, 1.54) is 35.2 Å². The Morgan fingerprint density at radius 1 is 1.06 bits per heavy atom. The molecule has 1 saturated heterocycles. The molecule has 4 aromatic rings. The van der Waals surface area contributed by atoms with Crippen LogP contribution in [0.25, 0.3) is 5.69 Å². The van der Waals surface area contributed by atoms with Gasteiger partial charge in [0.15, 0.2) is 11.6 Å². The van der Waals surface area contributed by atoms with Crippen LogP contribution in [0.1, 0.15) is 60.8 Å². The molecule has 48 heavy (non-hydrogen) atoms. The second kappa shape index (κ2) is 13.5. The molecule has 0 spiro atoms. The second-order valence-corrected chi connectivity index (χ2v) is 12.3. The maximum Gasteiger partial charge on any atom is 0.335 e. The van der Waals surface area contributed by atoms with Crippen molar-refractivity contribution in [1.82, 2.24) is 28.9 Å². The fourth-order valence-corrected chi connectivity index (χ4v) is 6.07. The van der Waals surface area contributed by atoms with Crippen molar-refractivity contribution in [2.75, 3.05) is 25.5 Å². The Balaban J connectivity index is 1.18. The lowest BCUT2D eigenvalue weighted by molar-refractivity contribution is -0.133. The number of ether oxygens (including phenoxy) is 1. The number of aromatic nitrogens is 4. The van der Waals surface area contributed by atoms with Gasteiger partial charge in [0, 0.05) is 48.6 Å². The predicted octanol–water partition coefficient (Wildman–Crippen LogP) is 4.06. The first-order valence-electron chi connectivity index (χ1n) is 15.7. The van der Waals surface area contributed by atoms with E-state index in [0.29, 0.717) is 37.2 Å². The molecule has 2 aliphatic rings. The van der Waals surface area contributed by atoms with Crippen LogP contribution in [0.5, 0.6) is 11.6 Å². The van der Waals surface area contributed by atoms with Crippen LogP contribution < -0.4 is 21.3 Å². The molecule has 0 saturated carbocycles. The molecule has 0 unspecified atom stereocenters. The third-order valence-corrected chi connectivity index (χ3v) is 8.80. The normalized spacial score (nSPS) is 16.2. The molecule has 12 nitrogen and oxygen atoms in total. The summed E-state index contributed by atoms with van der Waals surface area (Å²) in [6.45, 7) is 5.18. The van der Waals surface area contributed by atoms with Crippen LogP contribution in [0.15, 0.2) is 64.6 Å². The molecule has 2 amide bonds. The van der Waals surface area contributed by atoms with E-state index in [1.807, 2.05) is 7.05 Å². The minimum absolute atomic E-state index is 0.0339. The highest BCUT2D eigenvalue weighted by Gasteiger charge is 2.30. The number of hydrogen-bond acceptors (Lipinski definition) is 8. The quantitative estimate of drug-likeness (QED) is 0.300. The molecule has 2 aliphatic heterocycles. The number of carbonyl (C=O) groups is 2. The summed E-state index contributed by atoms with van der Waals surface area (Å²) in [5.74, 6) is -2.13. The van der Waals surface area contributed by atoms with Gasteiger partial charge in [-0.25, -0.2) is 28.1 Å². The van der Waals surface area contributed by atoms with E-state index >= 15 is 4.39 Å². The van der Waals surface area contributed by atoms with E-state index < -0.39 is 34.8 Å². The zero-order valence-corrected chi connectivity index (χ0v) is 26.8. The van der Waals surface area contributed by atoms with Gasteiger partial charge in [-0.3, -0.25) is 19.0 Å². The number of amides is 2. The van der Waals surface area contributed by atoms with Crippen molar-refractivity contribution in [2.45, 2.75) is 58.2 Å². The number of hydrogen-bond donors (Lipinski definition) is 1. The van der Waals surface area contributed by atoms with Gasteiger partial charge in [0.05, 0.1) is 17.9 Å². The second-order valence-electron chi connectivity index (χ2n) is 12.3. The molecule has 6 rings (SSSR count). The molecular weight excluding hydrogens is 624 g/mol. The number of likely N-dealkylation sites (tertiary alicyclic amines) is 1. The van der Waals surface area contributed by atoms with Gasteiger partial charge in [0.2, 0.25) is 11.8 Å². The number of halogens is 2. The van der Waals surface area contributed by atoms with Crippen LogP contribution in [0.4, 0.5) is 14.5 Å². The fraction of sp³-hybridized carbons (Fsp3) is 0.353. The maximum atomic E-state index is 15.3. The third-order valence-electron chi connectivity index (χ3n) is 8.80. The number of nitrogens with one attached hydrogen (secondary N) is 1. The first-order valence-corrected chi connectivity index (χ1v) is 15.7. The summed E-state index contributed by atoms with van der Waals surface area (Å²) < 4.78 is 36.7. The molecular formula is C34H35F2N7O5. The highest BCUT2D eigenvalue weighted by Crippen LogP contribution is 2.31. The van der Waals surface area contributed by atoms with Crippen molar-refractivity contribution in [3.63, 3.8) is 0 Å². The largest absolute Gasteiger partial charge is 0.436 e. The Morgan fingerprint density at radius 3 is 2.52 bits per heavy atom. The SMILES string of the molecule is CC(C)n1cc(C(=O)Nc2ccc(Oc3ncnc4c3CCN(C(=O)C[C@@H]3CCCN3C)C4)c(F)c2)c(=O)n(-c2ccc(F)cc2)c1=O. The molecule has 1 N–H and O–H groups in total. The lowest BCUT2D eigenvalue weighted by Crippen LogP contribution is -2.42. The Labute approximate surface area is 274 Å². The van der Waals surface area contributed by atoms with E-state index in [9.17, 15) is 23.6 Å². The standard InChI is InChI=1S/C34H35F2N7O5/c1-20(2)42-17-26(33(46)43(34(42)47)23-9-6-21(35)7-10-23)31(45)39-22-8-11-29(27(36)15-22)48-32-25-12-14-41(18-28(25)37-19-38-32)30(44)16-24-5-4-13-40(24)3/h6-11,15,17,19-20,24H,4-5,12-14,16,18H2,1-3H3,(H,39,45)/t24-/m0/s1.